The zero-order valence-electron chi connectivity index (χ0n) is 11.8. The van der Waals surface area contributed by atoms with E-state index in [9.17, 15) is 4.79 Å². The molecule has 2 N–H and O–H groups in total. The maximum Gasteiger partial charge on any atom is 0.223 e. The zero-order chi connectivity index (χ0) is 14.5. The van der Waals surface area contributed by atoms with Gasteiger partial charge in [0.05, 0.1) is 6.04 Å². The van der Waals surface area contributed by atoms with Crippen molar-refractivity contribution in [3.05, 3.63) is 47.8 Å². The first-order valence-electron chi connectivity index (χ1n) is 6.47. The second-order valence-electron chi connectivity index (χ2n) is 4.76. The first kappa shape index (κ1) is 14.0. The summed E-state index contributed by atoms with van der Waals surface area (Å²) < 4.78 is 0. The van der Waals surface area contributed by atoms with Crippen molar-refractivity contribution in [2.24, 2.45) is 0 Å². The van der Waals surface area contributed by atoms with Gasteiger partial charge in [-0.05, 0) is 37.1 Å². The molecule has 1 heterocycles. The lowest BCUT2D eigenvalue weighted by atomic mass is 10.1. The number of amides is 1. The molecule has 0 spiro atoms. The minimum absolute atomic E-state index is 0.0476. The molecule has 0 bridgehead atoms. The number of hydrogen-bond acceptors (Lipinski definition) is 4. The molecule has 0 aliphatic carbocycles. The number of hydrogen-bond donors (Lipinski definition) is 2. The normalized spacial score (nSPS) is 11.8. The Morgan fingerprint density at radius 2 is 1.95 bits per heavy atom. The number of rotatable bonds is 4. The van der Waals surface area contributed by atoms with E-state index in [1.807, 2.05) is 38.1 Å². The Balaban J connectivity index is 2.10. The molecule has 0 radical (unpaired) electrons. The predicted molar refractivity (Wildman–Crippen MR) is 79.6 cm³/mol. The summed E-state index contributed by atoms with van der Waals surface area (Å²) in [6.07, 6.45) is 3.55. The van der Waals surface area contributed by atoms with Gasteiger partial charge in [0.2, 0.25) is 11.9 Å². The highest BCUT2D eigenvalue weighted by atomic mass is 16.1. The molecule has 1 atom stereocenters. The van der Waals surface area contributed by atoms with Crippen LogP contribution in [0.1, 0.15) is 31.0 Å². The van der Waals surface area contributed by atoms with Gasteiger partial charge in [0.25, 0.3) is 0 Å². The Morgan fingerprint density at radius 1 is 1.25 bits per heavy atom. The molecule has 0 aliphatic rings. The number of aryl methyl sites for hydroxylation is 1. The lowest BCUT2D eigenvalue weighted by Crippen LogP contribution is -2.11. The van der Waals surface area contributed by atoms with Gasteiger partial charge in [-0.15, -0.1) is 0 Å². The molecule has 1 amide bonds. The van der Waals surface area contributed by atoms with E-state index in [0.717, 1.165) is 16.8 Å². The molecule has 2 rings (SSSR count). The lowest BCUT2D eigenvalue weighted by molar-refractivity contribution is -0.114. The van der Waals surface area contributed by atoms with Crippen LogP contribution in [-0.4, -0.2) is 15.9 Å². The quantitative estimate of drug-likeness (QED) is 0.896. The first-order chi connectivity index (χ1) is 9.54. The average Bonchev–Trinajstić information content (AvgIpc) is 2.41. The van der Waals surface area contributed by atoms with E-state index >= 15 is 0 Å². The molecule has 0 aliphatic heterocycles. The number of nitrogens with one attached hydrogen (secondary N) is 2. The Labute approximate surface area is 118 Å². The average molecular weight is 270 g/mol. The van der Waals surface area contributed by atoms with Crippen LogP contribution in [0.2, 0.25) is 0 Å². The summed E-state index contributed by atoms with van der Waals surface area (Å²) in [5.41, 5.74) is 2.87. The molecule has 0 fully saturated rings. The molecule has 1 aromatic heterocycles. The highest BCUT2D eigenvalue weighted by Gasteiger charge is 2.07. The summed E-state index contributed by atoms with van der Waals surface area (Å²) in [7, 11) is 0. The molecule has 20 heavy (non-hydrogen) atoms. The van der Waals surface area contributed by atoms with E-state index in [2.05, 4.69) is 20.6 Å². The third kappa shape index (κ3) is 3.78. The van der Waals surface area contributed by atoms with Crippen LogP contribution in [0.15, 0.2) is 36.7 Å². The molecule has 0 saturated heterocycles. The van der Waals surface area contributed by atoms with Gasteiger partial charge in [0.1, 0.15) is 0 Å². The molecule has 5 nitrogen and oxygen atoms in total. The van der Waals surface area contributed by atoms with Gasteiger partial charge in [-0.1, -0.05) is 12.1 Å². The second kappa shape index (κ2) is 6.14. The van der Waals surface area contributed by atoms with Crippen molar-refractivity contribution >= 4 is 17.5 Å². The van der Waals surface area contributed by atoms with Crippen LogP contribution < -0.4 is 10.6 Å². The number of anilines is 2. The van der Waals surface area contributed by atoms with Crippen LogP contribution in [0.5, 0.6) is 0 Å². The molecule has 1 aromatic carbocycles. The first-order valence-corrected chi connectivity index (χ1v) is 6.47. The van der Waals surface area contributed by atoms with Crippen LogP contribution in [0.4, 0.5) is 11.6 Å². The van der Waals surface area contributed by atoms with Gasteiger partial charge in [-0.3, -0.25) is 4.79 Å². The molecular weight excluding hydrogens is 252 g/mol. The van der Waals surface area contributed by atoms with Crippen molar-refractivity contribution < 1.29 is 4.79 Å². The van der Waals surface area contributed by atoms with Gasteiger partial charge in [0, 0.05) is 25.0 Å². The Bertz CT molecular complexity index is 595. The van der Waals surface area contributed by atoms with E-state index in [1.54, 1.807) is 12.4 Å². The SMILES string of the molecule is CC(=O)Nc1cccc(C(C)Nc2ncc(C)cn2)c1. The number of nitrogens with zero attached hydrogens (tertiary/aromatic N) is 2. The fourth-order valence-electron chi connectivity index (χ4n) is 1.83. The minimum atomic E-state index is -0.0790. The standard InChI is InChI=1S/C15H18N4O/c1-10-8-16-15(17-9-10)18-11(2)13-5-4-6-14(7-13)19-12(3)20/h4-9,11H,1-3H3,(H,19,20)(H,16,17,18). The Kier molecular flexibility index (Phi) is 4.30. The third-order valence-corrected chi connectivity index (χ3v) is 2.83. The Morgan fingerprint density at radius 3 is 2.60 bits per heavy atom. The molecule has 2 aromatic rings. The van der Waals surface area contributed by atoms with Gasteiger partial charge < -0.3 is 10.6 Å². The summed E-state index contributed by atoms with van der Waals surface area (Å²) in [6, 6.07) is 7.76. The van der Waals surface area contributed by atoms with Crippen LogP contribution in [0.3, 0.4) is 0 Å². The van der Waals surface area contributed by atoms with Crippen molar-refractivity contribution in [1.29, 1.82) is 0 Å². The number of benzene rings is 1. The molecule has 1 unspecified atom stereocenters. The minimum Gasteiger partial charge on any atom is -0.348 e. The van der Waals surface area contributed by atoms with Crippen LogP contribution >= 0.6 is 0 Å². The van der Waals surface area contributed by atoms with Crippen molar-refractivity contribution in [1.82, 2.24) is 9.97 Å². The fraction of sp³-hybridized carbons (Fsp3) is 0.267. The fourth-order valence-corrected chi connectivity index (χ4v) is 1.83. The van der Waals surface area contributed by atoms with E-state index in [4.69, 9.17) is 0 Å². The van der Waals surface area contributed by atoms with Crippen molar-refractivity contribution in [2.45, 2.75) is 26.8 Å². The van der Waals surface area contributed by atoms with E-state index in [-0.39, 0.29) is 11.9 Å². The predicted octanol–water partition coefficient (Wildman–Crippen LogP) is 2.92. The summed E-state index contributed by atoms with van der Waals surface area (Å²) in [4.78, 5) is 19.5. The largest absolute Gasteiger partial charge is 0.348 e. The van der Waals surface area contributed by atoms with Gasteiger partial charge in [0.15, 0.2) is 0 Å². The summed E-state index contributed by atoms with van der Waals surface area (Å²) in [5.74, 6) is 0.512. The van der Waals surface area contributed by atoms with Crippen LogP contribution in [0, 0.1) is 6.92 Å². The van der Waals surface area contributed by atoms with Crippen molar-refractivity contribution in [2.75, 3.05) is 10.6 Å². The topological polar surface area (TPSA) is 66.9 Å². The molecule has 5 heteroatoms. The lowest BCUT2D eigenvalue weighted by Gasteiger charge is -2.15. The Hall–Kier alpha value is -2.43. The van der Waals surface area contributed by atoms with Crippen LogP contribution in [-0.2, 0) is 4.79 Å². The van der Waals surface area contributed by atoms with E-state index < -0.39 is 0 Å². The number of carbonyl (C=O) groups excluding carboxylic acids is 1. The van der Waals surface area contributed by atoms with Gasteiger partial charge in [-0.2, -0.15) is 0 Å². The molecule has 0 saturated carbocycles. The summed E-state index contributed by atoms with van der Waals surface area (Å²) >= 11 is 0. The highest BCUT2D eigenvalue weighted by Crippen LogP contribution is 2.20. The maximum atomic E-state index is 11.1. The van der Waals surface area contributed by atoms with E-state index in [0.29, 0.717) is 5.95 Å². The maximum absolute atomic E-state index is 11.1. The van der Waals surface area contributed by atoms with Gasteiger partial charge >= 0.3 is 0 Å². The molecule has 104 valence electrons. The zero-order valence-corrected chi connectivity index (χ0v) is 11.8. The number of carbonyl (C=O) groups is 1. The monoisotopic (exact) mass is 270 g/mol. The summed E-state index contributed by atoms with van der Waals surface area (Å²) in [5, 5.41) is 6.00. The van der Waals surface area contributed by atoms with Crippen LogP contribution in [0.25, 0.3) is 0 Å². The highest BCUT2D eigenvalue weighted by molar-refractivity contribution is 5.88. The second-order valence-corrected chi connectivity index (χ2v) is 4.76. The smallest absolute Gasteiger partial charge is 0.223 e. The van der Waals surface area contributed by atoms with Gasteiger partial charge in [-0.25, -0.2) is 9.97 Å². The van der Waals surface area contributed by atoms with E-state index in [1.165, 1.54) is 6.92 Å². The van der Waals surface area contributed by atoms with Crippen molar-refractivity contribution in [3.8, 4) is 0 Å². The molecular formula is C15H18N4O. The third-order valence-electron chi connectivity index (χ3n) is 2.83. The summed E-state index contributed by atoms with van der Waals surface area (Å²) in [6.45, 7) is 5.47. The number of aromatic nitrogens is 2. The van der Waals surface area contributed by atoms with Crippen molar-refractivity contribution in [3.63, 3.8) is 0 Å².